The number of hydrogen-bond donors (Lipinski definition) is 0. The quantitative estimate of drug-likeness (QED) is 0.385. The third-order valence-electron chi connectivity index (χ3n) is 4.58. The minimum atomic E-state index is 0.488. The number of aromatic nitrogens is 2. The first-order chi connectivity index (χ1) is 15.3. The maximum absolute atomic E-state index is 5.86. The minimum absolute atomic E-state index is 0.488. The Morgan fingerprint density at radius 2 is 1.42 bits per heavy atom. The van der Waals surface area contributed by atoms with Gasteiger partial charge in [-0.15, -0.1) is 11.8 Å². The number of thioether (sulfide) groups is 1. The lowest BCUT2D eigenvalue weighted by Crippen LogP contribution is -2.01. The maximum Gasteiger partial charge on any atom is 0.138 e. The van der Waals surface area contributed by atoms with Crippen LogP contribution in [0.25, 0.3) is 0 Å². The van der Waals surface area contributed by atoms with E-state index in [2.05, 4.69) is 50.6 Å². The summed E-state index contributed by atoms with van der Waals surface area (Å²) in [6, 6.07) is 18.2. The predicted molar refractivity (Wildman–Crippen MR) is 124 cm³/mol. The molecule has 8 heteroatoms. The Morgan fingerprint density at radius 1 is 0.774 bits per heavy atom. The Kier molecular flexibility index (Phi) is 7.52. The minimum Gasteiger partial charge on any atom is -0.395 e. The van der Waals surface area contributed by atoms with Crippen LogP contribution in [0.4, 0.5) is 0 Å². The van der Waals surface area contributed by atoms with E-state index in [1.54, 1.807) is 18.0 Å². The smallest absolute Gasteiger partial charge is 0.138 e. The van der Waals surface area contributed by atoms with Crippen LogP contribution < -0.4 is 0 Å². The summed E-state index contributed by atoms with van der Waals surface area (Å²) in [6.07, 6.45) is 5.16. The standard InChI is InChI=1S/C15H14N2OS.C8H7ClN2O/c1-2-5-12(6-3-1)11-19-15-13(7-4-9-16-15)14-8-10-18-17-14;9-8-6(2-1-4-10-8)7-3-5-12-11-7/h1-7,9H,8,10-11H2;1-2,4H,3,5H2. The van der Waals surface area contributed by atoms with Gasteiger partial charge in [-0.1, -0.05) is 52.2 Å². The van der Waals surface area contributed by atoms with Crippen molar-refractivity contribution in [2.75, 3.05) is 13.2 Å². The van der Waals surface area contributed by atoms with Gasteiger partial charge in [0.05, 0.1) is 11.4 Å². The first-order valence-corrected chi connectivity index (χ1v) is 11.3. The zero-order valence-corrected chi connectivity index (χ0v) is 18.4. The van der Waals surface area contributed by atoms with Gasteiger partial charge in [0, 0.05) is 42.1 Å². The number of oxime groups is 2. The highest BCUT2D eigenvalue weighted by Crippen LogP contribution is 2.26. The van der Waals surface area contributed by atoms with Crippen molar-refractivity contribution in [3.63, 3.8) is 0 Å². The van der Waals surface area contributed by atoms with Crippen LogP contribution in [-0.2, 0) is 15.4 Å². The molecule has 6 nitrogen and oxygen atoms in total. The molecule has 4 heterocycles. The fraction of sp³-hybridized carbons (Fsp3) is 0.217. The lowest BCUT2D eigenvalue weighted by Gasteiger charge is -2.06. The van der Waals surface area contributed by atoms with Crippen molar-refractivity contribution in [1.29, 1.82) is 0 Å². The van der Waals surface area contributed by atoms with Crippen molar-refractivity contribution in [1.82, 2.24) is 9.97 Å². The number of nitrogens with zero attached hydrogens (tertiary/aromatic N) is 4. The van der Waals surface area contributed by atoms with Gasteiger partial charge in [0.1, 0.15) is 23.4 Å². The van der Waals surface area contributed by atoms with Gasteiger partial charge < -0.3 is 9.68 Å². The first-order valence-electron chi connectivity index (χ1n) is 9.92. The average Bonchev–Trinajstić information content (AvgIpc) is 3.54. The van der Waals surface area contributed by atoms with Crippen LogP contribution in [0.1, 0.15) is 29.5 Å². The Labute approximate surface area is 190 Å². The number of halogens is 1. The lowest BCUT2D eigenvalue weighted by molar-refractivity contribution is 0.173. The van der Waals surface area contributed by atoms with Crippen LogP contribution >= 0.6 is 23.4 Å². The third-order valence-corrected chi connectivity index (χ3v) is 5.96. The van der Waals surface area contributed by atoms with E-state index >= 15 is 0 Å². The van der Waals surface area contributed by atoms with Crippen LogP contribution in [-0.4, -0.2) is 34.6 Å². The molecule has 2 aliphatic rings. The molecule has 3 aromatic rings. The van der Waals surface area contributed by atoms with Crippen LogP contribution in [0, 0.1) is 0 Å². The second-order valence-corrected chi connectivity index (χ2v) is 8.04. The molecular formula is C23H21ClN4O2S. The summed E-state index contributed by atoms with van der Waals surface area (Å²) in [4.78, 5) is 18.4. The molecule has 2 aliphatic heterocycles. The molecule has 2 aromatic heterocycles. The van der Waals surface area contributed by atoms with Gasteiger partial charge in [0.15, 0.2) is 0 Å². The molecule has 0 saturated carbocycles. The van der Waals surface area contributed by atoms with Crippen LogP contribution in [0.2, 0.25) is 5.15 Å². The van der Waals surface area contributed by atoms with E-state index in [9.17, 15) is 0 Å². The molecule has 0 N–H and O–H groups in total. The van der Waals surface area contributed by atoms with Crippen molar-refractivity contribution in [2.45, 2.75) is 23.6 Å². The van der Waals surface area contributed by atoms with Crippen molar-refractivity contribution < 1.29 is 9.68 Å². The molecule has 0 aliphatic carbocycles. The molecule has 0 atom stereocenters. The number of rotatable bonds is 5. The van der Waals surface area contributed by atoms with E-state index < -0.39 is 0 Å². The van der Waals surface area contributed by atoms with E-state index in [0.29, 0.717) is 18.4 Å². The Hall–Kier alpha value is -2.90. The highest BCUT2D eigenvalue weighted by atomic mass is 35.5. The summed E-state index contributed by atoms with van der Waals surface area (Å²) < 4.78 is 0. The highest BCUT2D eigenvalue weighted by Gasteiger charge is 2.16. The molecule has 0 amide bonds. The van der Waals surface area contributed by atoms with Gasteiger partial charge in [0.25, 0.3) is 0 Å². The van der Waals surface area contributed by atoms with E-state index in [-0.39, 0.29) is 0 Å². The van der Waals surface area contributed by atoms with Crippen LogP contribution in [0.15, 0.2) is 82.3 Å². The highest BCUT2D eigenvalue weighted by molar-refractivity contribution is 7.98. The lowest BCUT2D eigenvalue weighted by atomic mass is 10.1. The third kappa shape index (κ3) is 5.83. The van der Waals surface area contributed by atoms with E-state index in [1.165, 1.54) is 5.56 Å². The summed E-state index contributed by atoms with van der Waals surface area (Å²) in [7, 11) is 0. The Morgan fingerprint density at radius 3 is 2.06 bits per heavy atom. The number of hydrogen-bond acceptors (Lipinski definition) is 7. The fourth-order valence-corrected chi connectivity index (χ4v) is 4.24. The van der Waals surface area contributed by atoms with Crippen molar-refractivity contribution in [2.24, 2.45) is 10.3 Å². The molecular weight excluding hydrogens is 432 g/mol. The zero-order chi connectivity index (χ0) is 21.3. The summed E-state index contributed by atoms with van der Waals surface area (Å²) in [5, 5.41) is 9.46. The predicted octanol–water partition coefficient (Wildman–Crippen LogP) is 5.36. The van der Waals surface area contributed by atoms with Gasteiger partial charge in [-0.05, 0) is 29.8 Å². The summed E-state index contributed by atoms with van der Waals surface area (Å²) in [5.41, 5.74) is 5.16. The van der Waals surface area contributed by atoms with Crippen LogP contribution in [0.3, 0.4) is 0 Å². The van der Waals surface area contributed by atoms with Crippen molar-refractivity contribution >= 4 is 34.8 Å². The molecule has 5 rings (SSSR count). The molecule has 0 unspecified atom stereocenters. The average molecular weight is 453 g/mol. The Bertz CT molecular complexity index is 1080. The van der Waals surface area contributed by atoms with E-state index in [0.717, 1.165) is 46.2 Å². The van der Waals surface area contributed by atoms with E-state index in [1.807, 2.05) is 30.5 Å². The topological polar surface area (TPSA) is 69.0 Å². The SMILES string of the molecule is Clc1ncccc1C1=NOCC1.c1ccc(CSc2ncccc2C2=NOCC2)cc1. The Balaban J connectivity index is 0.000000166. The van der Waals surface area contributed by atoms with Gasteiger partial charge in [-0.3, -0.25) is 0 Å². The molecule has 158 valence electrons. The van der Waals surface area contributed by atoms with Gasteiger partial charge in [-0.2, -0.15) is 0 Å². The van der Waals surface area contributed by atoms with Crippen molar-refractivity contribution in [3.05, 3.63) is 88.8 Å². The monoisotopic (exact) mass is 452 g/mol. The second kappa shape index (κ2) is 10.9. The zero-order valence-electron chi connectivity index (χ0n) is 16.8. The molecule has 31 heavy (non-hydrogen) atoms. The largest absolute Gasteiger partial charge is 0.395 e. The molecule has 0 bridgehead atoms. The maximum atomic E-state index is 5.86. The number of pyridine rings is 2. The summed E-state index contributed by atoms with van der Waals surface area (Å²) >= 11 is 7.60. The first kappa shape index (κ1) is 21.3. The van der Waals surface area contributed by atoms with E-state index in [4.69, 9.17) is 21.3 Å². The summed E-state index contributed by atoms with van der Waals surface area (Å²) in [6.45, 7) is 1.31. The number of benzene rings is 1. The van der Waals surface area contributed by atoms with Gasteiger partial charge in [0.2, 0.25) is 0 Å². The fourth-order valence-electron chi connectivity index (χ4n) is 3.04. The van der Waals surface area contributed by atoms with Gasteiger partial charge >= 0.3 is 0 Å². The molecule has 0 fully saturated rings. The second-order valence-electron chi connectivity index (χ2n) is 6.71. The van der Waals surface area contributed by atoms with Crippen molar-refractivity contribution in [3.8, 4) is 0 Å². The molecule has 0 radical (unpaired) electrons. The molecule has 0 saturated heterocycles. The molecule has 1 aromatic carbocycles. The summed E-state index contributed by atoms with van der Waals surface area (Å²) in [5.74, 6) is 0.916. The van der Waals surface area contributed by atoms with Crippen LogP contribution in [0.5, 0.6) is 0 Å². The normalized spacial score (nSPS) is 14.6. The molecule has 0 spiro atoms. The van der Waals surface area contributed by atoms with Gasteiger partial charge in [-0.25, -0.2) is 9.97 Å².